The minimum absolute atomic E-state index is 0.0966. The molecule has 1 aliphatic rings. The molecular weight excluding hydrogens is 198 g/mol. The van der Waals surface area contributed by atoms with Gasteiger partial charge in [0.05, 0.1) is 18.9 Å². The number of anilines is 1. The van der Waals surface area contributed by atoms with Gasteiger partial charge in [-0.1, -0.05) is 0 Å². The van der Waals surface area contributed by atoms with Crippen LogP contribution in [0.25, 0.3) is 5.70 Å². The molecule has 6 nitrogen and oxygen atoms in total. The third-order valence-corrected chi connectivity index (χ3v) is 2.14. The van der Waals surface area contributed by atoms with Gasteiger partial charge in [0, 0.05) is 6.20 Å². The number of aliphatic hydroxyl groups excluding tert-OH is 1. The fourth-order valence-electron chi connectivity index (χ4n) is 1.39. The van der Waals surface area contributed by atoms with Gasteiger partial charge in [0.15, 0.2) is 0 Å². The van der Waals surface area contributed by atoms with Gasteiger partial charge in [0.2, 0.25) is 0 Å². The van der Waals surface area contributed by atoms with Crippen LogP contribution < -0.4 is 11.4 Å². The van der Waals surface area contributed by atoms with Crippen LogP contribution in [0.2, 0.25) is 0 Å². The minimum Gasteiger partial charge on any atom is -0.393 e. The molecule has 1 aromatic rings. The predicted molar refractivity (Wildman–Crippen MR) is 54.0 cm³/mol. The Labute approximate surface area is 85.6 Å². The first-order valence-corrected chi connectivity index (χ1v) is 4.49. The van der Waals surface area contributed by atoms with Gasteiger partial charge in [-0.15, -0.1) is 0 Å². The molecule has 1 aromatic heterocycles. The van der Waals surface area contributed by atoms with E-state index < -0.39 is 5.69 Å². The van der Waals surface area contributed by atoms with Crippen LogP contribution in [0.5, 0.6) is 0 Å². The van der Waals surface area contributed by atoms with Crippen LogP contribution >= 0.6 is 0 Å². The van der Waals surface area contributed by atoms with Gasteiger partial charge in [-0.2, -0.15) is 4.98 Å². The Balaban J connectivity index is 2.35. The second-order valence-electron chi connectivity index (χ2n) is 3.20. The first-order chi connectivity index (χ1) is 7.20. The summed E-state index contributed by atoms with van der Waals surface area (Å²) in [6.45, 7) is 0.192. The van der Waals surface area contributed by atoms with E-state index in [9.17, 15) is 4.79 Å². The van der Waals surface area contributed by atoms with Crippen LogP contribution in [0.15, 0.2) is 23.1 Å². The van der Waals surface area contributed by atoms with Crippen LogP contribution in [-0.2, 0) is 4.74 Å². The normalized spacial score (nSPS) is 20.3. The zero-order valence-corrected chi connectivity index (χ0v) is 7.96. The van der Waals surface area contributed by atoms with Crippen molar-refractivity contribution in [2.24, 2.45) is 0 Å². The number of nitrogens with two attached hydrogens (primary N) is 1. The van der Waals surface area contributed by atoms with Crippen molar-refractivity contribution in [3.05, 3.63) is 28.8 Å². The van der Waals surface area contributed by atoms with Crippen LogP contribution in [0.1, 0.15) is 0 Å². The Kier molecular flexibility index (Phi) is 2.53. The maximum atomic E-state index is 11.4. The maximum absolute atomic E-state index is 11.4. The van der Waals surface area contributed by atoms with Crippen LogP contribution in [-0.4, -0.2) is 34.0 Å². The van der Waals surface area contributed by atoms with Gasteiger partial charge in [0.1, 0.15) is 11.9 Å². The number of nitrogens with zero attached hydrogens (tertiary/aromatic N) is 2. The molecule has 0 fully saturated rings. The maximum Gasteiger partial charge on any atom is 0.353 e. The molecular formula is C9H11N3O3. The van der Waals surface area contributed by atoms with Crippen LogP contribution in [0.4, 0.5) is 5.82 Å². The molecule has 15 heavy (non-hydrogen) atoms. The average molecular weight is 209 g/mol. The summed E-state index contributed by atoms with van der Waals surface area (Å²) >= 11 is 0. The lowest BCUT2D eigenvalue weighted by atomic mass is 10.3. The molecule has 2 heterocycles. The van der Waals surface area contributed by atoms with Crippen molar-refractivity contribution in [3.63, 3.8) is 0 Å². The van der Waals surface area contributed by atoms with Gasteiger partial charge >= 0.3 is 5.69 Å². The third-order valence-electron chi connectivity index (χ3n) is 2.14. The summed E-state index contributed by atoms with van der Waals surface area (Å²) in [7, 11) is 0. The highest BCUT2D eigenvalue weighted by molar-refractivity contribution is 5.49. The van der Waals surface area contributed by atoms with Gasteiger partial charge in [-0.3, -0.25) is 4.57 Å². The molecule has 1 unspecified atom stereocenters. The first-order valence-electron chi connectivity index (χ1n) is 4.49. The van der Waals surface area contributed by atoms with Crippen molar-refractivity contribution in [1.29, 1.82) is 0 Å². The standard InChI is InChI=1S/C9H11N3O3/c10-8-1-2-12(9(14)11-8)6-3-7(4-13)15-5-6/h1-3,7,13H,4-5H2,(H2,10,11,14). The molecule has 0 spiro atoms. The highest BCUT2D eigenvalue weighted by Gasteiger charge is 2.17. The molecule has 6 heteroatoms. The molecule has 0 amide bonds. The highest BCUT2D eigenvalue weighted by atomic mass is 16.5. The summed E-state index contributed by atoms with van der Waals surface area (Å²) in [5, 5.41) is 8.85. The molecule has 1 aliphatic heterocycles. The average Bonchev–Trinajstić information content (AvgIpc) is 2.66. The highest BCUT2D eigenvalue weighted by Crippen LogP contribution is 2.14. The summed E-state index contributed by atoms with van der Waals surface area (Å²) in [6.07, 6.45) is 2.89. The van der Waals surface area contributed by atoms with E-state index in [4.69, 9.17) is 15.6 Å². The van der Waals surface area contributed by atoms with E-state index in [1.165, 1.54) is 10.6 Å². The Hall–Kier alpha value is -1.66. The van der Waals surface area contributed by atoms with E-state index in [1.54, 1.807) is 12.3 Å². The van der Waals surface area contributed by atoms with Gasteiger partial charge in [-0.05, 0) is 12.1 Å². The van der Waals surface area contributed by atoms with Gasteiger partial charge in [-0.25, -0.2) is 4.79 Å². The first kappa shape index (κ1) is 9.88. The van der Waals surface area contributed by atoms with E-state index in [0.29, 0.717) is 5.70 Å². The number of nitrogen functional groups attached to an aromatic ring is 1. The zero-order chi connectivity index (χ0) is 10.8. The predicted octanol–water partition coefficient (Wildman–Crippen LogP) is -0.942. The Bertz CT molecular complexity index is 452. The van der Waals surface area contributed by atoms with Crippen LogP contribution in [0, 0.1) is 0 Å². The Morgan fingerprint density at radius 1 is 1.73 bits per heavy atom. The lowest BCUT2D eigenvalue weighted by Crippen LogP contribution is -2.22. The van der Waals surface area contributed by atoms with E-state index in [-0.39, 0.29) is 25.1 Å². The zero-order valence-electron chi connectivity index (χ0n) is 7.96. The molecule has 0 radical (unpaired) electrons. The van der Waals surface area contributed by atoms with Crippen molar-refractivity contribution in [3.8, 4) is 0 Å². The Morgan fingerprint density at radius 3 is 3.13 bits per heavy atom. The molecule has 0 aliphatic carbocycles. The number of hydrogen-bond donors (Lipinski definition) is 2. The van der Waals surface area contributed by atoms with E-state index in [2.05, 4.69) is 4.98 Å². The van der Waals surface area contributed by atoms with Gasteiger partial charge < -0.3 is 15.6 Å². The van der Waals surface area contributed by atoms with Crippen molar-refractivity contribution in [2.75, 3.05) is 18.9 Å². The third kappa shape index (κ3) is 1.90. The van der Waals surface area contributed by atoms with Gasteiger partial charge in [0.25, 0.3) is 0 Å². The fraction of sp³-hybridized carbons (Fsp3) is 0.333. The number of ether oxygens (including phenoxy) is 1. The molecule has 80 valence electrons. The number of aliphatic hydroxyl groups is 1. The largest absolute Gasteiger partial charge is 0.393 e. The molecule has 0 saturated carbocycles. The van der Waals surface area contributed by atoms with E-state index in [1.807, 2.05) is 0 Å². The smallest absolute Gasteiger partial charge is 0.353 e. The summed E-state index contributed by atoms with van der Waals surface area (Å²) in [5.41, 5.74) is 5.60. The van der Waals surface area contributed by atoms with Crippen molar-refractivity contribution in [1.82, 2.24) is 9.55 Å². The van der Waals surface area contributed by atoms with Crippen LogP contribution in [0.3, 0.4) is 0 Å². The van der Waals surface area contributed by atoms with Crippen molar-refractivity contribution < 1.29 is 9.84 Å². The fourth-order valence-corrected chi connectivity index (χ4v) is 1.39. The molecule has 0 aromatic carbocycles. The van der Waals surface area contributed by atoms with Crippen molar-refractivity contribution >= 4 is 11.5 Å². The van der Waals surface area contributed by atoms with E-state index in [0.717, 1.165) is 0 Å². The topological polar surface area (TPSA) is 90.4 Å². The monoisotopic (exact) mass is 209 g/mol. The second-order valence-corrected chi connectivity index (χ2v) is 3.20. The lowest BCUT2D eigenvalue weighted by Gasteiger charge is -2.03. The minimum atomic E-state index is -0.441. The molecule has 0 saturated heterocycles. The summed E-state index contributed by atoms with van der Waals surface area (Å²) in [6, 6.07) is 1.54. The Morgan fingerprint density at radius 2 is 2.53 bits per heavy atom. The number of aromatic nitrogens is 2. The number of hydrogen-bond acceptors (Lipinski definition) is 5. The molecule has 3 N–H and O–H groups in total. The van der Waals surface area contributed by atoms with Crippen molar-refractivity contribution in [2.45, 2.75) is 6.10 Å². The number of rotatable bonds is 2. The summed E-state index contributed by atoms with van der Waals surface area (Å²) < 4.78 is 6.55. The molecule has 1 atom stereocenters. The molecule has 0 bridgehead atoms. The summed E-state index contributed by atoms with van der Waals surface area (Å²) in [5.74, 6) is 0.189. The van der Waals surface area contributed by atoms with E-state index >= 15 is 0 Å². The quantitative estimate of drug-likeness (QED) is 0.656. The second kappa shape index (κ2) is 3.84. The molecule has 2 rings (SSSR count). The SMILES string of the molecule is Nc1ccn(C2=CC(CO)OC2)c(=O)n1. The summed E-state index contributed by atoms with van der Waals surface area (Å²) in [4.78, 5) is 15.0. The lowest BCUT2D eigenvalue weighted by molar-refractivity contribution is 0.0754.